The average Bonchev–Trinajstić information content (AvgIpc) is 3.59. The van der Waals surface area contributed by atoms with Crippen molar-refractivity contribution in [3.05, 3.63) is 35.9 Å². The molecule has 224 valence electrons. The fourth-order valence-corrected chi connectivity index (χ4v) is 6.44. The highest BCUT2D eigenvalue weighted by Crippen LogP contribution is 2.45. The van der Waals surface area contributed by atoms with Gasteiger partial charge in [-0.3, -0.25) is 4.79 Å². The van der Waals surface area contributed by atoms with Gasteiger partial charge in [0.2, 0.25) is 17.8 Å². The normalized spacial score (nSPS) is 22.6. The third kappa shape index (κ3) is 9.53. The molecule has 1 amide bonds. The Morgan fingerprint density at radius 3 is 2.12 bits per heavy atom. The van der Waals surface area contributed by atoms with Crippen LogP contribution in [0.1, 0.15) is 81.0 Å². The van der Waals surface area contributed by atoms with Crippen molar-refractivity contribution in [1.82, 2.24) is 20.3 Å². The molecule has 1 aromatic carbocycles. The minimum Gasteiger partial charge on any atom is -0.377 e. The van der Waals surface area contributed by atoms with Crippen LogP contribution in [0.25, 0.3) is 0 Å². The van der Waals surface area contributed by atoms with Gasteiger partial charge < -0.3 is 30.7 Å². The van der Waals surface area contributed by atoms with Crippen LogP contribution in [0, 0.1) is 11.8 Å². The van der Waals surface area contributed by atoms with Gasteiger partial charge in [-0.15, -0.1) is 0 Å². The van der Waals surface area contributed by atoms with Crippen LogP contribution >= 0.6 is 0 Å². The lowest BCUT2D eigenvalue weighted by Crippen LogP contribution is -2.28. The van der Waals surface area contributed by atoms with Crippen molar-refractivity contribution >= 4 is 23.8 Å². The second-order valence-corrected chi connectivity index (χ2v) is 11.7. The first kappa shape index (κ1) is 29.5. The molecule has 3 aliphatic rings. The van der Waals surface area contributed by atoms with Crippen molar-refractivity contribution in [3.8, 4) is 0 Å². The minimum absolute atomic E-state index is 0.0910. The average molecular weight is 566 g/mol. The summed E-state index contributed by atoms with van der Waals surface area (Å²) in [6, 6.07) is 10.1. The van der Waals surface area contributed by atoms with Crippen LogP contribution in [0.2, 0.25) is 0 Å². The van der Waals surface area contributed by atoms with Gasteiger partial charge in [-0.25, -0.2) is 0 Å². The fraction of sp³-hybridized carbons (Fsp3) is 0.677. The van der Waals surface area contributed by atoms with Gasteiger partial charge in [-0.2, -0.15) is 15.0 Å². The molecule has 5 rings (SSSR count). The predicted molar refractivity (Wildman–Crippen MR) is 161 cm³/mol. The molecule has 3 aliphatic carbocycles. The van der Waals surface area contributed by atoms with E-state index in [4.69, 9.17) is 24.4 Å². The molecule has 3 saturated carbocycles. The molecule has 1 aromatic heterocycles. The van der Waals surface area contributed by atoms with Gasteiger partial charge >= 0.3 is 0 Å². The molecule has 41 heavy (non-hydrogen) atoms. The monoisotopic (exact) mass is 565 g/mol. The van der Waals surface area contributed by atoms with Crippen molar-refractivity contribution in [1.29, 1.82) is 0 Å². The Bertz CT molecular complexity index is 1060. The van der Waals surface area contributed by atoms with Gasteiger partial charge in [0.15, 0.2) is 0 Å². The number of hydrogen-bond donors (Lipinski definition) is 4. The number of anilines is 3. The molecule has 2 bridgehead atoms. The van der Waals surface area contributed by atoms with Crippen molar-refractivity contribution in [2.24, 2.45) is 11.8 Å². The van der Waals surface area contributed by atoms with E-state index in [1.807, 2.05) is 18.2 Å². The number of fused-ring (bicyclic) bond motifs is 2. The summed E-state index contributed by atoms with van der Waals surface area (Å²) in [5.74, 6) is 3.42. The van der Waals surface area contributed by atoms with Gasteiger partial charge in [0.1, 0.15) is 0 Å². The van der Waals surface area contributed by atoms with E-state index in [0.29, 0.717) is 75.0 Å². The number of ether oxygens (including phenoxy) is 2. The third-order valence-electron chi connectivity index (χ3n) is 8.60. The van der Waals surface area contributed by atoms with Gasteiger partial charge in [-0.05, 0) is 56.1 Å². The third-order valence-corrected chi connectivity index (χ3v) is 8.60. The summed E-state index contributed by atoms with van der Waals surface area (Å²) in [7, 11) is 0. The van der Waals surface area contributed by atoms with E-state index < -0.39 is 0 Å². The summed E-state index contributed by atoms with van der Waals surface area (Å²) in [5.41, 5.74) is 0.651. The Labute approximate surface area is 244 Å². The van der Waals surface area contributed by atoms with Crippen LogP contribution in [0.5, 0.6) is 0 Å². The summed E-state index contributed by atoms with van der Waals surface area (Å²) in [6.07, 6.45) is 14.1. The van der Waals surface area contributed by atoms with E-state index in [1.165, 1.54) is 70.6 Å². The highest BCUT2D eigenvalue weighted by Gasteiger charge is 2.39. The van der Waals surface area contributed by atoms with E-state index in [-0.39, 0.29) is 5.91 Å². The largest absolute Gasteiger partial charge is 0.377 e. The second kappa shape index (κ2) is 15.9. The number of carbonyl (C=O) groups excluding carboxylic acids is 1. The molecular weight excluding hydrogens is 518 g/mol. The maximum Gasteiger partial charge on any atom is 0.251 e. The molecule has 2 aromatic rings. The first-order valence-corrected chi connectivity index (χ1v) is 15.7. The van der Waals surface area contributed by atoms with Gasteiger partial charge in [0.05, 0.1) is 26.4 Å². The van der Waals surface area contributed by atoms with E-state index in [2.05, 4.69) is 21.3 Å². The molecule has 0 radical (unpaired) electrons. The second-order valence-electron chi connectivity index (χ2n) is 11.7. The molecule has 4 N–H and O–H groups in total. The van der Waals surface area contributed by atoms with Crippen LogP contribution in [-0.2, 0) is 9.47 Å². The minimum atomic E-state index is -0.0910. The molecule has 3 atom stereocenters. The topological polar surface area (TPSA) is 122 Å². The Balaban J connectivity index is 1.02. The predicted octanol–water partition coefficient (Wildman–Crippen LogP) is 4.87. The number of benzene rings is 1. The SMILES string of the molecule is O=C(NCCOCCOCCNc1nc(NC2CCCCCCC2)nc(NC2CC3CCC2C3)n1)c1ccccc1. The van der Waals surface area contributed by atoms with Crippen molar-refractivity contribution in [2.75, 3.05) is 55.5 Å². The zero-order valence-electron chi connectivity index (χ0n) is 24.3. The van der Waals surface area contributed by atoms with Gasteiger partial charge in [-0.1, -0.05) is 56.7 Å². The molecule has 0 spiro atoms. The Morgan fingerprint density at radius 2 is 1.41 bits per heavy atom. The van der Waals surface area contributed by atoms with Gasteiger partial charge in [0, 0.05) is 30.7 Å². The summed E-state index contributed by atoms with van der Waals surface area (Å²) >= 11 is 0. The number of nitrogens with zero attached hydrogens (tertiary/aromatic N) is 3. The van der Waals surface area contributed by atoms with Crippen LogP contribution in [0.3, 0.4) is 0 Å². The molecule has 3 fully saturated rings. The van der Waals surface area contributed by atoms with Crippen LogP contribution < -0.4 is 21.3 Å². The maximum absolute atomic E-state index is 12.0. The van der Waals surface area contributed by atoms with Crippen molar-refractivity contribution in [2.45, 2.75) is 82.7 Å². The lowest BCUT2D eigenvalue weighted by molar-refractivity contribution is 0.0519. The molecule has 0 aliphatic heterocycles. The number of nitrogens with one attached hydrogen (secondary N) is 4. The maximum atomic E-state index is 12.0. The fourth-order valence-electron chi connectivity index (χ4n) is 6.44. The summed E-state index contributed by atoms with van der Waals surface area (Å²) in [4.78, 5) is 26.2. The highest BCUT2D eigenvalue weighted by atomic mass is 16.5. The van der Waals surface area contributed by atoms with Crippen LogP contribution in [0.4, 0.5) is 17.8 Å². The number of carbonyl (C=O) groups is 1. The molecule has 10 nitrogen and oxygen atoms in total. The first-order valence-electron chi connectivity index (χ1n) is 15.7. The zero-order chi connectivity index (χ0) is 28.1. The van der Waals surface area contributed by atoms with Crippen molar-refractivity contribution < 1.29 is 14.3 Å². The number of aromatic nitrogens is 3. The standard InChI is InChI=1S/C31H47N7O3/c39-28(24-9-5-4-6-10-24)32-15-17-40-19-20-41-18-16-33-29-36-30(34-26-11-7-2-1-3-8-12-26)38-31(37-29)35-27-22-23-13-14-25(27)21-23/h4-6,9-10,23,25-27H,1-3,7-8,11-22H2,(H,32,39)(H3,33,34,35,36,37,38). The number of amides is 1. The number of rotatable bonds is 15. The summed E-state index contributed by atoms with van der Waals surface area (Å²) in [6.45, 7) is 2.97. The lowest BCUT2D eigenvalue weighted by Gasteiger charge is -2.24. The molecule has 0 saturated heterocycles. The van der Waals surface area contributed by atoms with Crippen LogP contribution in [0.15, 0.2) is 30.3 Å². The quantitative estimate of drug-likeness (QED) is 0.224. The Kier molecular flexibility index (Phi) is 11.4. The summed E-state index contributed by atoms with van der Waals surface area (Å²) in [5, 5.41) is 13.5. The Morgan fingerprint density at radius 1 is 0.732 bits per heavy atom. The zero-order valence-corrected chi connectivity index (χ0v) is 24.3. The summed E-state index contributed by atoms with van der Waals surface area (Å²) < 4.78 is 11.3. The van der Waals surface area contributed by atoms with E-state index in [9.17, 15) is 4.79 Å². The molecule has 3 unspecified atom stereocenters. The Hall–Kier alpha value is -2.98. The van der Waals surface area contributed by atoms with Gasteiger partial charge in [0.25, 0.3) is 5.91 Å². The van der Waals surface area contributed by atoms with E-state index >= 15 is 0 Å². The van der Waals surface area contributed by atoms with E-state index in [1.54, 1.807) is 12.1 Å². The van der Waals surface area contributed by atoms with Crippen LogP contribution in [-0.4, -0.2) is 72.5 Å². The molecular formula is C31H47N7O3. The molecule has 1 heterocycles. The first-order chi connectivity index (χ1) is 20.2. The van der Waals surface area contributed by atoms with E-state index in [0.717, 1.165) is 11.8 Å². The highest BCUT2D eigenvalue weighted by molar-refractivity contribution is 5.94. The van der Waals surface area contributed by atoms with Crippen molar-refractivity contribution in [3.63, 3.8) is 0 Å². The molecule has 10 heteroatoms. The lowest BCUT2D eigenvalue weighted by atomic mass is 9.95. The number of hydrogen-bond acceptors (Lipinski definition) is 9. The smallest absolute Gasteiger partial charge is 0.251 e.